The third-order valence-electron chi connectivity index (χ3n) is 5.19. The summed E-state index contributed by atoms with van der Waals surface area (Å²) in [5, 5.41) is 8.09. The van der Waals surface area contributed by atoms with Crippen molar-refractivity contribution >= 4 is 22.9 Å². The summed E-state index contributed by atoms with van der Waals surface area (Å²) in [6.45, 7) is 8.88. The summed E-state index contributed by atoms with van der Waals surface area (Å²) >= 11 is 5.62. The highest BCUT2D eigenvalue weighted by molar-refractivity contribution is 7.80. The second-order valence-electron chi connectivity index (χ2n) is 7.21. The van der Waals surface area contributed by atoms with Crippen molar-refractivity contribution in [2.45, 2.75) is 19.9 Å². The van der Waals surface area contributed by atoms with Gasteiger partial charge in [0.25, 0.3) is 5.89 Å². The van der Waals surface area contributed by atoms with E-state index in [9.17, 15) is 4.39 Å². The topological polar surface area (TPSA) is 63.4 Å². The lowest BCUT2D eigenvalue weighted by molar-refractivity contribution is 0.340. The number of hydrogen-bond acceptors (Lipinski definition) is 5. The average Bonchev–Trinajstić information content (AvgIpc) is 3.27. The van der Waals surface area contributed by atoms with Crippen LogP contribution in [0.1, 0.15) is 31.3 Å². The van der Waals surface area contributed by atoms with E-state index >= 15 is 0 Å². The number of ether oxygens (including phenoxy) is 1. The highest BCUT2D eigenvalue weighted by atomic mass is 32.1. The Labute approximate surface area is 191 Å². The van der Waals surface area contributed by atoms with Crippen molar-refractivity contribution in [1.82, 2.24) is 20.4 Å². The molecule has 1 aliphatic rings. The molecule has 2 aromatic carbocycles. The number of benzene rings is 2. The number of nitrogens with one attached hydrogen (secondary N) is 1. The first-order chi connectivity index (χ1) is 15.5. The molecule has 0 amide bonds. The number of thiocarbonyl (C=S) groups is 1. The Morgan fingerprint density at radius 3 is 2.59 bits per heavy atom. The van der Waals surface area contributed by atoms with Gasteiger partial charge in [0.05, 0.1) is 18.2 Å². The quantitative estimate of drug-likeness (QED) is 0.396. The zero-order chi connectivity index (χ0) is 22.7. The molecule has 0 spiro atoms. The van der Waals surface area contributed by atoms with E-state index in [1.54, 1.807) is 18.2 Å². The molecule has 0 fully saturated rings. The van der Waals surface area contributed by atoms with Gasteiger partial charge in [0, 0.05) is 17.8 Å². The van der Waals surface area contributed by atoms with E-state index in [0.29, 0.717) is 35.5 Å². The van der Waals surface area contributed by atoms with Gasteiger partial charge in [0.15, 0.2) is 5.11 Å². The fourth-order valence-electron chi connectivity index (χ4n) is 3.63. The summed E-state index contributed by atoms with van der Waals surface area (Å²) in [4.78, 5) is 6.54. The fourth-order valence-corrected chi connectivity index (χ4v) is 3.96. The molecule has 1 atom stereocenters. The highest BCUT2D eigenvalue weighted by Gasteiger charge is 2.33. The molecule has 8 heteroatoms. The van der Waals surface area contributed by atoms with Gasteiger partial charge in [-0.25, -0.2) is 4.39 Å². The SMILES string of the molecule is C=CCN1C(=S)NC(c2ccc(OCC)cc2)C(c2nc(-c3ccc(F)cc3)no2)=C1C. The Balaban J connectivity index is 1.77. The van der Waals surface area contributed by atoms with E-state index in [1.165, 1.54) is 12.1 Å². The minimum atomic E-state index is -0.323. The maximum absolute atomic E-state index is 13.3. The van der Waals surface area contributed by atoms with E-state index in [4.69, 9.17) is 21.5 Å². The highest BCUT2D eigenvalue weighted by Crippen LogP contribution is 2.37. The number of nitrogens with zero attached hydrogens (tertiary/aromatic N) is 3. The molecule has 0 saturated carbocycles. The third-order valence-corrected chi connectivity index (χ3v) is 5.53. The van der Waals surface area contributed by atoms with Gasteiger partial charge in [-0.1, -0.05) is 23.4 Å². The largest absolute Gasteiger partial charge is 0.494 e. The van der Waals surface area contributed by atoms with Gasteiger partial charge in [-0.3, -0.25) is 0 Å². The average molecular weight is 451 g/mol. The lowest BCUT2D eigenvalue weighted by Crippen LogP contribution is -2.45. The Hall–Kier alpha value is -3.52. The molecule has 32 heavy (non-hydrogen) atoms. The number of hydrogen-bond donors (Lipinski definition) is 1. The summed E-state index contributed by atoms with van der Waals surface area (Å²) < 4.78 is 24.5. The Morgan fingerprint density at radius 2 is 1.94 bits per heavy atom. The zero-order valence-electron chi connectivity index (χ0n) is 17.8. The molecule has 4 rings (SSSR count). The fraction of sp³-hybridized carbons (Fsp3) is 0.208. The van der Waals surface area contributed by atoms with Crippen molar-refractivity contribution < 1.29 is 13.7 Å². The van der Waals surface area contributed by atoms with Crippen LogP contribution in [0.15, 0.2) is 71.4 Å². The molecule has 0 aliphatic carbocycles. The van der Waals surface area contributed by atoms with Crippen LogP contribution in [0.3, 0.4) is 0 Å². The molecule has 1 aliphatic heterocycles. The van der Waals surface area contributed by atoms with Crippen molar-refractivity contribution in [2.24, 2.45) is 0 Å². The molecule has 0 radical (unpaired) electrons. The van der Waals surface area contributed by atoms with Crippen molar-refractivity contribution in [3.8, 4) is 17.1 Å². The number of aromatic nitrogens is 2. The maximum atomic E-state index is 13.3. The molecule has 3 aromatic rings. The Kier molecular flexibility index (Phi) is 6.32. The van der Waals surface area contributed by atoms with Crippen LogP contribution in [0.25, 0.3) is 17.0 Å². The van der Waals surface area contributed by atoms with Crippen molar-refractivity contribution in [2.75, 3.05) is 13.2 Å². The second kappa shape index (κ2) is 9.32. The van der Waals surface area contributed by atoms with Crippen molar-refractivity contribution in [3.63, 3.8) is 0 Å². The Bertz CT molecular complexity index is 1160. The van der Waals surface area contributed by atoms with Gasteiger partial charge in [-0.15, -0.1) is 6.58 Å². The molecule has 2 heterocycles. The van der Waals surface area contributed by atoms with Crippen molar-refractivity contribution in [3.05, 3.63) is 84.2 Å². The molecule has 0 bridgehead atoms. The van der Waals surface area contributed by atoms with E-state index in [1.807, 2.05) is 43.0 Å². The first-order valence-corrected chi connectivity index (χ1v) is 10.6. The maximum Gasteiger partial charge on any atom is 0.258 e. The lowest BCUT2D eigenvalue weighted by Gasteiger charge is -2.36. The van der Waals surface area contributed by atoms with Gasteiger partial charge >= 0.3 is 0 Å². The molecular weight excluding hydrogens is 427 g/mol. The molecule has 1 aromatic heterocycles. The second-order valence-corrected chi connectivity index (χ2v) is 7.60. The first-order valence-electron chi connectivity index (χ1n) is 10.2. The Morgan fingerprint density at radius 1 is 1.22 bits per heavy atom. The summed E-state index contributed by atoms with van der Waals surface area (Å²) in [5.74, 6) is 1.22. The number of allylic oxidation sites excluding steroid dienone is 1. The van der Waals surface area contributed by atoms with Gasteiger partial charge in [0.1, 0.15) is 11.6 Å². The third kappa shape index (κ3) is 4.27. The van der Waals surface area contributed by atoms with E-state index < -0.39 is 0 Å². The summed E-state index contributed by atoms with van der Waals surface area (Å²) in [5.41, 5.74) is 3.34. The van der Waals surface area contributed by atoms with Gasteiger partial charge in [-0.2, -0.15) is 4.98 Å². The van der Waals surface area contributed by atoms with Crippen molar-refractivity contribution in [1.29, 1.82) is 0 Å². The van der Waals surface area contributed by atoms with Crippen LogP contribution in [0, 0.1) is 5.82 Å². The minimum Gasteiger partial charge on any atom is -0.494 e. The number of rotatable bonds is 7. The zero-order valence-corrected chi connectivity index (χ0v) is 18.7. The molecule has 0 saturated heterocycles. The first kappa shape index (κ1) is 21.7. The van der Waals surface area contributed by atoms with Gasteiger partial charge < -0.3 is 19.5 Å². The normalized spacial score (nSPS) is 16.2. The monoisotopic (exact) mass is 450 g/mol. The van der Waals surface area contributed by atoms with E-state index in [2.05, 4.69) is 22.0 Å². The van der Waals surface area contributed by atoms with Crippen LogP contribution >= 0.6 is 12.2 Å². The summed E-state index contributed by atoms with van der Waals surface area (Å²) in [6, 6.07) is 13.5. The van der Waals surface area contributed by atoms with Crippen LogP contribution < -0.4 is 10.1 Å². The molecule has 164 valence electrons. The predicted octanol–water partition coefficient (Wildman–Crippen LogP) is 5.12. The standard InChI is InChI=1S/C24H23FN4O2S/c1-4-14-29-15(3)20(23-27-22(28-31-23)17-6-10-18(25)11-7-17)21(26-24(29)32)16-8-12-19(13-9-16)30-5-2/h4,6-13,21H,1,5,14H2,2-3H3,(H,26,32). The predicted molar refractivity (Wildman–Crippen MR) is 125 cm³/mol. The molecular formula is C24H23FN4O2S. The van der Waals surface area contributed by atoms with Crippen LogP contribution in [0.5, 0.6) is 5.75 Å². The lowest BCUT2D eigenvalue weighted by atomic mass is 9.94. The van der Waals surface area contributed by atoms with Crippen LogP contribution in [0.4, 0.5) is 4.39 Å². The molecule has 6 nitrogen and oxygen atoms in total. The summed E-state index contributed by atoms with van der Waals surface area (Å²) in [7, 11) is 0. The molecule has 1 unspecified atom stereocenters. The smallest absolute Gasteiger partial charge is 0.258 e. The van der Waals surface area contributed by atoms with Crippen LogP contribution in [-0.4, -0.2) is 33.3 Å². The number of halogens is 1. The summed E-state index contributed by atoms with van der Waals surface area (Å²) in [6.07, 6.45) is 1.78. The van der Waals surface area contributed by atoms with Gasteiger partial charge in [-0.05, 0) is 68.0 Å². The van der Waals surface area contributed by atoms with Crippen LogP contribution in [-0.2, 0) is 0 Å². The minimum absolute atomic E-state index is 0.291. The van der Waals surface area contributed by atoms with Gasteiger partial charge in [0.2, 0.25) is 5.82 Å². The van der Waals surface area contributed by atoms with Crippen LogP contribution in [0.2, 0.25) is 0 Å². The van der Waals surface area contributed by atoms with E-state index in [0.717, 1.165) is 22.6 Å². The van der Waals surface area contributed by atoms with E-state index in [-0.39, 0.29) is 11.9 Å². The molecule has 1 N–H and O–H groups in total.